The highest BCUT2D eigenvalue weighted by Crippen LogP contribution is 2.35. The largest absolute Gasteiger partial charge is 0.366 e. The number of aryl methyl sites for hydroxylation is 1. The van der Waals surface area contributed by atoms with Gasteiger partial charge in [-0.15, -0.1) is 0 Å². The van der Waals surface area contributed by atoms with Gasteiger partial charge in [0.1, 0.15) is 0 Å². The number of nitrogens with zero attached hydrogens (tertiary/aromatic N) is 2. The SMILES string of the molecule is Cn1cc(-c2cc(C(N)=O)cc3[nH]ncc23)c2ccccc21. The summed E-state index contributed by atoms with van der Waals surface area (Å²) in [7, 11) is 2.01. The predicted octanol–water partition coefficient (Wildman–Crippen LogP) is 2.82. The fourth-order valence-electron chi connectivity index (χ4n) is 2.97. The fourth-order valence-corrected chi connectivity index (χ4v) is 2.97. The molecule has 2 aromatic heterocycles. The summed E-state index contributed by atoms with van der Waals surface area (Å²) >= 11 is 0. The first-order valence-electron chi connectivity index (χ1n) is 6.96. The zero-order valence-electron chi connectivity index (χ0n) is 12.0. The van der Waals surface area contributed by atoms with Crippen LogP contribution in [0, 0.1) is 0 Å². The number of carbonyl (C=O) groups is 1. The van der Waals surface area contributed by atoms with Crippen molar-refractivity contribution in [3.8, 4) is 11.1 Å². The number of fused-ring (bicyclic) bond motifs is 2. The van der Waals surface area contributed by atoms with E-state index in [1.807, 2.05) is 25.2 Å². The van der Waals surface area contributed by atoms with Crippen molar-refractivity contribution < 1.29 is 4.79 Å². The van der Waals surface area contributed by atoms with E-state index < -0.39 is 5.91 Å². The van der Waals surface area contributed by atoms with Gasteiger partial charge in [-0.05, 0) is 23.8 Å². The number of carbonyl (C=O) groups excluding carboxylic acids is 1. The van der Waals surface area contributed by atoms with E-state index in [0.717, 1.165) is 32.9 Å². The summed E-state index contributed by atoms with van der Waals surface area (Å²) < 4.78 is 2.08. The molecule has 0 aliphatic heterocycles. The Balaban J connectivity index is 2.11. The first kappa shape index (κ1) is 12.6. The summed E-state index contributed by atoms with van der Waals surface area (Å²) in [4.78, 5) is 11.6. The molecule has 0 saturated carbocycles. The quantitative estimate of drug-likeness (QED) is 0.595. The van der Waals surface area contributed by atoms with Crippen LogP contribution in [0.2, 0.25) is 0 Å². The fraction of sp³-hybridized carbons (Fsp3) is 0.0588. The minimum atomic E-state index is -0.446. The van der Waals surface area contributed by atoms with Crippen LogP contribution < -0.4 is 5.73 Å². The smallest absolute Gasteiger partial charge is 0.248 e. The molecule has 0 spiro atoms. The number of aromatic amines is 1. The lowest BCUT2D eigenvalue weighted by atomic mass is 9.98. The number of primary amides is 1. The second-order valence-corrected chi connectivity index (χ2v) is 5.39. The second kappa shape index (κ2) is 4.46. The van der Waals surface area contributed by atoms with Gasteiger partial charge in [0.05, 0.1) is 11.7 Å². The minimum Gasteiger partial charge on any atom is -0.366 e. The van der Waals surface area contributed by atoms with Crippen LogP contribution in [0.5, 0.6) is 0 Å². The summed E-state index contributed by atoms with van der Waals surface area (Å²) in [5.74, 6) is -0.446. The maximum Gasteiger partial charge on any atom is 0.248 e. The van der Waals surface area contributed by atoms with E-state index >= 15 is 0 Å². The normalized spacial score (nSPS) is 11.3. The molecular formula is C17H14N4O. The first-order valence-corrected chi connectivity index (χ1v) is 6.96. The molecule has 0 bridgehead atoms. The summed E-state index contributed by atoms with van der Waals surface area (Å²) in [5.41, 5.74) is 9.89. The van der Waals surface area contributed by atoms with Crippen molar-refractivity contribution in [2.24, 2.45) is 12.8 Å². The number of H-pyrrole nitrogens is 1. The Hall–Kier alpha value is -3.08. The molecule has 0 saturated heterocycles. The zero-order chi connectivity index (χ0) is 15.3. The van der Waals surface area contributed by atoms with E-state index in [0.29, 0.717) is 5.56 Å². The van der Waals surface area contributed by atoms with E-state index in [2.05, 4.69) is 33.1 Å². The van der Waals surface area contributed by atoms with Crippen LogP contribution in [0.15, 0.2) is 48.8 Å². The van der Waals surface area contributed by atoms with Crippen molar-refractivity contribution in [3.05, 3.63) is 54.4 Å². The summed E-state index contributed by atoms with van der Waals surface area (Å²) in [6.45, 7) is 0. The van der Waals surface area contributed by atoms with Gasteiger partial charge in [0.2, 0.25) is 5.91 Å². The van der Waals surface area contributed by atoms with Crippen molar-refractivity contribution in [2.45, 2.75) is 0 Å². The summed E-state index contributed by atoms with van der Waals surface area (Å²) in [5, 5.41) is 9.11. The number of amides is 1. The van der Waals surface area contributed by atoms with E-state index in [1.165, 1.54) is 0 Å². The van der Waals surface area contributed by atoms with Gasteiger partial charge in [0.25, 0.3) is 0 Å². The Morgan fingerprint density at radius 2 is 2.00 bits per heavy atom. The lowest BCUT2D eigenvalue weighted by Crippen LogP contribution is -2.10. The van der Waals surface area contributed by atoms with Crippen LogP contribution in [0.3, 0.4) is 0 Å². The third-order valence-corrected chi connectivity index (χ3v) is 4.03. The average Bonchev–Trinajstić information content (AvgIpc) is 3.11. The van der Waals surface area contributed by atoms with Crippen molar-refractivity contribution >= 4 is 27.7 Å². The standard InChI is InChI=1S/C17H14N4O/c1-21-9-14(11-4-2-3-5-16(11)21)12-6-10(17(18)22)7-15-13(12)8-19-20-15/h2-9H,1H3,(H2,18,22)(H,19,20). The highest BCUT2D eigenvalue weighted by atomic mass is 16.1. The Bertz CT molecular complexity index is 1030. The van der Waals surface area contributed by atoms with Crippen LogP contribution in [0.4, 0.5) is 0 Å². The number of nitrogens with two attached hydrogens (primary N) is 1. The molecule has 2 aromatic carbocycles. The van der Waals surface area contributed by atoms with Crippen LogP contribution in [0.25, 0.3) is 32.9 Å². The van der Waals surface area contributed by atoms with Gasteiger partial charge in [-0.2, -0.15) is 5.10 Å². The Morgan fingerprint density at radius 1 is 1.18 bits per heavy atom. The van der Waals surface area contributed by atoms with Gasteiger partial charge < -0.3 is 10.3 Å². The highest BCUT2D eigenvalue weighted by Gasteiger charge is 2.15. The molecule has 2 heterocycles. The molecule has 0 unspecified atom stereocenters. The summed E-state index contributed by atoms with van der Waals surface area (Å²) in [6.07, 6.45) is 3.84. The third kappa shape index (κ3) is 1.72. The number of nitrogens with one attached hydrogen (secondary N) is 1. The van der Waals surface area contributed by atoms with Crippen LogP contribution in [0.1, 0.15) is 10.4 Å². The van der Waals surface area contributed by atoms with E-state index in [-0.39, 0.29) is 0 Å². The van der Waals surface area contributed by atoms with E-state index in [4.69, 9.17) is 5.73 Å². The number of para-hydroxylation sites is 1. The average molecular weight is 290 g/mol. The van der Waals surface area contributed by atoms with Gasteiger partial charge in [-0.1, -0.05) is 18.2 Å². The molecule has 0 fully saturated rings. The highest BCUT2D eigenvalue weighted by molar-refractivity contribution is 6.07. The van der Waals surface area contributed by atoms with Crippen molar-refractivity contribution in [1.82, 2.24) is 14.8 Å². The Morgan fingerprint density at radius 3 is 2.82 bits per heavy atom. The van der Waals surface area contributed by atoms with Crippen molar-refractivity contribution in [1.29, 1.82) is 0 Å². The van der Waals surface area contributed by atoms with Gasteiger partial charge in [-0.3, -0.25) is 9.89 Å². The van der Waals surface area contributed by atoms with Crippen molar-refractivity contribution in [2.75, 3.05) is 0 Å². The molecular weight excluding hydrogens is 276 g/mol. The van der Waals surface area contributed by atoms with Gasteiger partial charge in [0.15, 0.2) is 0 Å². The topological polar surface area (TPSA) is 76.7 Å². The van der Waals surface area contributed by atoms with Gasteiger partial charge >= 0.3 is 0 Å². The molecule has 0 radical (unpaired) electrons. The van der Waals surface area contributed by atoms with E-state index in [9.17, 15) is 4.79 Å². The molecule has 5 heteroatoms. The lowest BCUT2D eigenvalue weighted by molar-refractivity contribution is 0.100. The molecule has 0 aliphatic rings. The zero-order valence-corrected chi connectivity index (χ0v) is 12.0. The van der Waals surface area contributed by atoms with Crippen molar-refractivity contribution in [3.63, 3.8) is 0 Å². The molecule has 3 N–H and O–H groups in total. The van der Waals surface area contributed by atoms with Crippen LogP contribution in [-0.2, 0) is 7.05 Å². The van der Waals surface area contributed by atoms with Crippen LogP contribution in [-0.4, -0.2) is 20.7 Å². The van der Waals surface area contributed by atoms with Gasteiger partial charge in [-0.25, -0.2) is 0 Å². The molecule has 1 amide bonds. The molecule has 0 aliphatic carbocycles. The van der Waals surface area contributed by atoms with E-state index in [1.54, 1.807) is 12.3 Å². The number of benzene rings is 2. The minimum absolute atomic E-state index is 0.446. The first-order chi connectivity index (χ1) is 10.6. The number of hydrogen-bond donors (Lipinski definition) is 2. The van der Waals surface area contributed by atoms with Gasteiger partial charge in [0, 0.05) is 40.7 Å². The molecule has 4 aromatic rings. The maximum absolute atomic E-state index is 11.6. The predicted molar refractivity (Wildman–Crippen MR) is 86.5 cm³/mol. The third-order valence-electron chi connectivity index (χ3n) is 4.03. The Labute approximate surface area is 126 Å². The molecule has 22 heavy (non-hydrogen) atoms. The molecule has 0 atom stereocenters. The number of aromatic nitrogens is 3. The monoisotopic (exact) mass is 290 g/mol. The molecule has 5 nitrogen and oxygen atoms in total. The molecule has 108 valence electrons. The molecule has 4 rings (SSSR count). The van der Waals surface area contributed by atoms with Crippen LogP contribution >= 0.6 is 0 Å². The Kier molecular flexibility index (Phi) is 2.56. The number of hydrogen-bond acceptors (Lipinski definition) is 2. The number of rotatable bonds is 2. The maximum atomic E-state index is 11.6. The lowest BCUT2D eigenvalue weighted by Gasteiger charge is -2.05. The second-order valence-electron chi connectivity index (χ2n) is 5.39. The summed E-state index contributed by atoms with van der Waals surface area (Å²) in [6, 6.07) is 11.7.